The fourth-order valence-corrected chi connectivity index (χ4v) is 3.64. The van der Waals surface area contributed by atoms with Crippen LogP contribution in [0.2, 0.25) is 0 Å². The zero-order valence-electron chi connectivity index (χ0n) is 14.4. The third-order valence-corrected chi connectivity index (χ3v) is 5.56. The Kier molecular flexibility index (Phi) is 6.56. The number of hydrogen-bond acceptors (Lipinski definition) is 6. The molecule has 0 bridgehead atoms. The van der Waals surface area contributed by atoms with Gasteiger partial charge in [-0.25, -0.2) is 12.8 Å². The number of ether oxygens (including phenoxy) is 3. The summed E-state index contributed by atoms with van der Waals surface area (Å²) in [5, 5.41) is 0. The molecular formula is C17H24FNO5S. The van der Waals surface area contributed by atoms with Crippen LogP contribution in [0.4, 0.5) is 4.39 Å². The molecule has 1 aromatic carbocycles. The molecule has 1 aliphatic heterocycles. The van der Waals surface area contributed by atoms with Gasteiger partial charge in [0.1, 0.15) is 12.4 Å². The maximum absolute atomic E-state index is 12.5. The maximum atomic E-state index is 12.5. The van der Waals surface area contributed by atoms with Crippen molar-refractivity contribution in [2.45, 2.75) is 30.4 Å². The average Bonchev–Trinajstić information content (AvgIpc) is 2.58. The second kappa shape index (κ2) is 8.27. The summed E-state index contributed by atoms with van der Waals surface area (Å²) < 4.78 is 53.9. The first-order chi connectivity index (χ1) is 11.8. The lowest BCUT2D eigenvalue weighted by molar-refractivity contribution is -0.167. The van der Waals surface area contributed by atoms with Crippen molar-refractivity contribution in [3.63, 3.8) is 0 Å². The van der Waals surface area contributed by atoms with E-state index >= 15 is 0 Å². The number of nitrogens with two attached hydrogens (primary N) is 1. The van der Waals surface area contributed by atoms with Gasteiger partial charge in [-0.3, -0.25) is 0 Å². The summed E-state index contributed by atoms with van der Waals surface area (Å²) in [7, 11) is -3.51. The van der Waals surface area contributed by atoms with Gasteiger partial charge in [0.2, 0.25) is 0 Å². The zero-order valence-corrected chi connectivity index (χ0v) is 15.2. The highest BCUT2D eigenvalue weighted by Crippen LogP contribution is 2.22. The van der Waals surface area contributed by atoms with Crippen molar-refractivity contribution in [2.75, 3.05) is 32.1 Å². The lowest BCUT2D eigenvalue weighted by atomic mass is 10.1. The predicted molar refractivity (Wildman–Crippen MR) is 92.0 cm³/mol. The molecule has 2 rings (SSSR count). The lowest BCUT2D eigenvalue weighted by Crippen LogP contribution is -2.44. The number of halogens is 1. The molecule has 25 heavy (non-hydrogen) atoms. The summed E-state index contributed by atoms with van der Waals surface area (Å²) in [4.78, 5) is 0.174. The fourth-order valence-electron chi connectivity index (χ4n) is 2.22. The molecule has 6 nitrogen and oxygen atoms in total. The number of rotatable bonds is 7. The summed E-state index contributed by atoms with van der Waals surface area (Å²) >= 11 is 0. The van der Waals surface area contributed by atoms with Crippen LogP contribution in [0.25, 0.3) is 0 Å². The smallest absolute Gasteiger partial charge is 0.181 e. The monoisotopic (exact) mass is 373 g/mol. The van der Waals surface area contributed by atoms with E-state index in [0.717, 1.165) is 0 Å². The van der Waals surface area contributed by atoms with Crippen LogP contribution in [-0.2, 0) is 19.3 Å². The van der Waals surface area contributed by atoms with E-state index in [1.54, 1.807) is 0 Å². The van der Waals surface area contributed by atoms with Gasteiger partial charge in [-0.05, 0) is 38.1 Å². The molecule has 1 aromatic rings. The van der Waals surface area contributed by atoms with E-state index in [-0.39, 0.29) is 30.4 Å². The normalized spacial score (nSPS) is 21.1. The molecule has 0 aromatic heterocycles. The van der Waals surface area contributed by atoms with E-state index in [2.05, 4.69) is 0 Å². The SMILES string of the molecule is CC1(C)COC(CS(=O)(=O)c2ccc(OC/C(=C/F)CN)cc2)CO1. The van der Waals surface area contributed by atoms with Crippen molar-refractivity contribution < 1.29 is 27.0 Å². The van der Waals surface area contributed by atoms with Crippen molar-refractivity contribution in [2.24, 2.45) is 5.73 Å². The van der Waals surface area contributed by atoms with Gasteiger partial charge in [-0.1, -0.05) is 0 Å². The van der Waals surface area contributed by atoms with E-state index < -0.39 is 21.5 Å². The van der Waals surface area contributed by atoms with Crippen molar-refractivity contribution in [3.8, 4) is 5.75 Å². The van der Waals surface area contributed by atoms with Crippen molar-refractivity contribution in [1.82, 2.24) is 0 Å². The predicted octanol–water partition coefficient (Wildman–Crippen LogP) is 1.85. The van der Waals surface area contributed by atoms with Gasteiger partial charge in [0.05, 0.1) is 41.9 Å². The van der Waals surface area contributed by atoms with Gasteiger partial charge in [-0.15, -0.1) is 0 Å². The van der Waals surface area contributed by atoms with Gasteiger partial charge in [0, 0.05) is 12.1 Å². The van der Waals surface area contributed by atoms with Crippen LogP contribution in [0.5, 0.6) is 5.75 Å². The molecule has 1 fully saturated rings. The third kappa shape index (κ3) is 5.78. The van der Waals surface area contributed by atoms with E-state index in [4.69, 9.17) is 19.9 Å². The van der Waals surface area contributed by atoms with E-state index in [9.17, 15) is 12.8 Å². The summed E-state index contributed by atoms with van der Waals surface area (Å²) in [6.07, 6.45) is -0.0810. The number of benzene rings is 1. The Morgan fingerprint density at radius 1 is 1.40 bits per heavy atom. The molecule has 0 spiro atoms. The summed E-state index contributed by atoms with van der Waals surface area (Å²) in [6.45, 7) is 4.46. The minimum absolute atomic E-state index is 0.0160. The van der Waals surface area contributed by atoms with E-state index in [0.29, 0.717) is 24.3 Å². The van der Waals surface area contributed by atoms with Gasteiger partial charge < -0.3 is 19.9 Å². The zero-order chi connectivity index (χ0) is 18.5. The van der Waals surface area contributed by atoms with Crippen LogP contribution in [-0.4, -0.2) is 52.2 Å². The highest BCUT2D eigenvalue weighted by atomic mass is 32.2. The quantitative estimate of drug-likeness (QED) is 0.785. The second-order valence-corrected chi connectivity index (χ2v) is 8.55. The highest BCUT2D eigenvalue weighted by molar-refractivity contribution is 7.91. The van der Waals surface area contributed by atoms with Crippen LogP contribution in [0.1, 0.15) is 13.8 Å². The first-order valence-corrected chi connectivity index (χ1v) is 9.60. The minimum atomic E-state index is -3.51. The van der Waals surface area contributed by atoms with Crippen LogP contribution in [0.15, 0.2) is 41.1 Å². The van der Waals surface area contributed by atoms with Crippen LogP contribution < -0.4 is 10.5 Å². The first kappa shape index (κ1) is 19.8. The van der Waals surface area contributed by atoms with Crippen LogP contribution in [0, 0.1) is 0 Å². The molecule has 1 aliphatic rings. The van der Waals surface area contributed by atoms with Gasteiger partial charge in [-0.2, -0.15) is 0 Å². The molecule has 0 aliphatic carbocycles. The van der Waals surface area contributed by atoms with Gasteiger partial charge in [0.15, 0.2) is 9.84 Å². The number of sulfone groups is 1. The molecule has 1 unspecified atom stereocenters. The first-order valence-electron chi connectivity index (χ1n) is 7.95. The number of hydrogen-bond donors (Lipinski definition) is 1. The summed E-state index contributed by atoms with van der Waals surface area (Å²) in [6, 6.07) is 5.97. The Balaban J connectivity index is 1.96. The Labute approximate surface area is 147 Å². The Morgan fingerprint density at radius 2 is 2.08 bits per heavy atom. The van der Waals surface area contributed by atoms with Gasteiger partial charge in [0.25, 0.3) is 0 Å². The maximum Gasteiger partial charge on any atom is 0.181 e. The molecule has 1 atom stereocenters. The van der Waals surface area contributed by atoms with Crippen molar-refractivity contribution in [3.05, 3.63) is 36.2 Å². The molecule has 140 valence electrons. The minimum Gasteiger partial charge on any atom is -0.489 e. The summed E-state index contributed by atoms with van der Waals surface area (Å²) in [5.74, 6) is 0.288. The Morgan fingerprint density at radius 3 is 2.60 bits per heavy atom. The molecular weight excluding hydrogens is 349 g/mol. The standard InChI is InChI=1S/C17H24FNO5S/c1-17(2)12-23-15(10-24-17)11-25(20,21)16-5-3-14(4-6-16)22-9-13(7-18)8-19/h3-7,15H,8-12,19H2,1-2H3/b13-7+. The van der Waals surface area contributed by atoms with Crippen molar-refractivity contribution in [1.29, 1.82) is 0 Å². The molecule has 8 heteroatoms. The molecule has 0 amide bonds. The third-order valence-electron chi connectivity index (χ3n) is 3.76. The van der Waals surface area contributed by atoms with E-state index in [1.807, 2.05) is 13.8 Å². The van der Waals surface area contributed by atoms with E-state index in [1.165, 1.54) is 24.3 Å². The van der Waals surface area contributed by atoms with Gasteiger partial charge >= 0.3 is 0 Å². The summed E-state index contributed by atoms with van der Waals surface area (Å²) in [5.41, 5.74) is 5.27. The van der Waals surface area contributed by atoms with Crippen molar-refractivity contribution >= 4 is 9.84 Å². The molecule has 2 N–H and O–H groups in total. The topological polar surface area (TPSA) is 87.9 Å². The largest absolute Gasteiger partial charge is 0.489 e. The highest BCUT2D eigenvalue weighted by Gasteiger charge is 2.31. The molecule has 0 radical (unpaired) electrons. The van der Waals surface area contributed by atoms with Crippen LogP contribution >= 0.6 is 0 Å². The lowest BCUT2D eigenvalue weighted by Gasteiger charge is -2.34. The average molecular weight is 373 g/mol. The molecule has 1 heterocycles. The Bertz CT molecular complexity index is 690. The molecule has 1 saturated heterocycles. The fraction of sp³-hybridized carbons (Fsp3) is 0.529. The Hall–Kier alpha value is -1.48. The van der Waals surface area contributed by atoms with Crippen LogP contribution in [0.3, 0.4) is 0 Å². The second-order valence-electron chi connectivity index (χ2n) is 6.52. The molecule has 0 saturated carbocycles.